The lowest BCUT2D eigenvalue weighted by molar-refractivity contribution is -0.133. The van der Waals surface area contributed by atoms with E-state index in [1.54, 1.807) is 4.57 Å². The Bertz CT molecular complexity index is 785. The van der Waals surface area contributed by atoms with Crippen LogP contribution in [-0.2, 0) is 11.3 Å². The second kappa shape index (κ2) is 7.49. The molecule has 0 saturated carbocycles. The number of nitrogens with zero attached hydrogens (tertiary/aromatic N) is 4. The summed E-state index contributed by atoms with van der Waals surface area (Å²) in [5.41, 5.74) is 2.14. The maximum atomic E-state index is 12.7. The number of nitrogens with one attached hydrogen (secondary N) is 1. The van der Waals surface area contributed by atoms with Crippen molar-refractivity contribution < 1.29 is 4.79 Å². The van der Waals surface area contributed by atoms with E-state index >= 15 is 0 Å². The van der Waals surface area contributed by atoms with Crippen LogP contribution in [0.2, 0.25) is 0 Å². The number of aromatic amines is 1. The van der Waals surface area contributed by atoms with Gasteiger partial charge in [-0.3, -0.25) is 19.4 Å². The average Bonchev–Trinajstić information content (AvgIpc) is 2.96. The Morgan fingerprint density at radius 1 is 1.20 bits per heavy atom. The molecule has 1 aliphatic heterocycles. The second-order valence-corrected chi connectivity index (χ2v) is 7.20. The van der Waals surface area contributed by atoms with Crippen molar-refractivity contribution in [2.24, 2.45) is 0 Å². The Kier molecular flexibility index (Phi) is 5.34. The summed E-state index contributed by atoms with van der Waals surface area (Å²) in [6, 6.07) is 8.59. The van der Waals surface area contributed by atoms with E-state index in [-0.39, 0.29) is 12.5 Å². The number of amides is 1. The van der Waals surface area contributed by atoms with E-state index in [1.165, 1.54) is 5.56 Å². The van der Waals surface area contributed by atoms with Crippen LogP contribution in [0.25, 0.3) is 11.4 Å². The molecular formula is C18H25N5OS. The summed E-state index contributed by atoms with van der Waals surface area (Å²) >= 11 is 5.34. The summed E-state index contributed by atoms with van der Waals surface area (Å²) in [5, 5.41) is 7.13. The fourth-order valence-electron chi connectivity index (χ4n) is 3.11. The molecule has 1 aliphatic rings. The molecule has 6 nitrogen and oxygen atoms in total. The van der Waals surface area contributed by atoms with Crippen LogP contribution in [0.3, 0.4) is 0 Å². The second-order valence-electron chi connectivity index (χ2n) is 6.82. The van der Waals surface area contributed by atoms with E-state index in [2.05, 4.69) is 28.9 Å². The zero-order valence-corrected chi connectivity index (χ0v) is 15.8. The maximum absolute atomic E-state index is 12.7. The monoisotopic (exact) mass is 359 g/mol. The molecule has 2 aromatic rings. The third-order valence-electron chi connectivity index (χ3n) is 4.76. The molecule has 7 heteroatoms. The number of rotatable bonds is 4. The SMILES string of the molecule is Cc1ccc(-c2n[nH]c(=S)n2CC(=O)N2CCN(C(C)C)CC2)cc1. The smallest absolute Gasteiger partial charge is 0.242 e. The van der Waals surface area contributed by atoms with Crippen LogP contribution in [0.1, 0.15) is 19.4 Å². The van der Waals surface area contributed by atoms with Gasteiger partial charge in [0.15, 0.2) is 10.6 Å². The van der Waals surface area contributed by atoms with Gasteiger partial charge in [-0.05, 0) is 33.0 Å². The van der Waals surface area contributed by atoms with Crippen molar-refractivity contribution in [2.75, 3.05) is 26.2 Å². The van der Waals surface area contributed by atoms with Gasteiger partial charge in [0.1, 0.15) is 6.54 Å². The van der Waals surface area contributed by atoms with Crippen molar-refractivity contribution in [3.63, 3.8) is 0 Å². The van der Waals surface area contributed by atoms with E-state index in [0.29, 0.717) is 16.6 Å². The van der Waals surface area contributed by atoms with Crippen molar-refractivity contribution in [3.05, 3.63) is 34.6 Å². The number of aromatic nitrogens is 3. The number of benzene rings is 1. The number of piperazine rings is 1. The minimum absolute atomic E-state index is 0.0919. The molecule has 1 N–H and O–H groups in total. The summed E-state index contributed by atoms with van der Waals surface area (Å²) in [6.07, 6.45) is 0. The predicted octanol–water partition coefficient (Wildman–Crippen LogP) is 2.47. The highest BCUT2D eigenvalue weighted by molar-refractivity contribution is 7.71. The largest absolute Gasteiger partial charge is 0.339 e. The van der Waals surface area contributed by atoms with Gasteiger partial charge in [0.2, 0.25) is 5.91 Å². The minimum atomic E-state index is 0.0919. The van der Waals surface area contributed by atoms with Gasteiger partial charge in [-0.25, -0.2) is 0 Å². The summed E-state index contributed by atoms with van der Waals surface area (Å²) in [4.78, 5) is 17.0. The van der Waals surface area contributed by atoms with Crippen molar-refractivity contribution in [2.45, 2.75) is 33.4 Å². The number of carbonyl (C=O) groups excluding carboxylic acids is 1. The van der Waals surface area contributed by atoms with Gasteiger partial charge in [0.05, 0.1) is 0 Å². The zero-order valence-electron chi connectivity index (χ0n) is 15.0. The molecule has 1 fully saturated rings. The summed E-state index contributed by atoms with van der Waals surface area (Å²) < 4.78 is 2.27. The van der Waals surface area contributed by atoms with Crippen molar-refractivity contribution in [3.8, 4) is 11.4 Å². The van der Waals surface area contributed by atoms with E-state index < -0.39 is 0 Å². The average molecular weight is 359 g/mol. The van der Waals surface area contributed by atoms with Crippen LogP contribution in [0.5, 0.6) is 0 Å². The summed E-state index contributed by atoms with van der Waals surface area (Å²) in [7, 11) is 0. The van der Waals surface area contributed by atoms with Gasteiger partial charge >= 0.3 is 0 Å². The van der Waals surface area contributed by atoms with Crippen molar-refractivity contribution in [1.29, 1.82) is 0 Å². The van der Waals surface area contributed by atoms with Gasteiger partial charge in [-0.1, -0.05) is 29.8 Å². The van der Waals surface area contributed by atoms with Gasteiger partial charge in [0.25, 0.3) is 0 Å². The molecule has 134 valence electrons. The molecule has 1 amide bonds. The molecule has 0 aliphatic carbocycles. The highest BCUT2D eigenvalue weighted by atomic mass is 32.1. The molecule has 1 aromatic carbocycles. The molecular weight excluding hydrogens is 334 g/mol. The van der Waals surface area contributed by atoms with E-state index in [9.17, 15) is 4.79 Å². The number of H-pyrrole nitrogens is 1. The molecule has 2 heterocycles. The molecule has 0 spiro atoms. The van der Waals surface area contributed by atoms with E-state index in [4.69, 9.17) is 12.2 Å². The first-order chi connectivity index (χ1) is 12.0. The highest BCUT2D eigenvalue weighted by Crippen LogP contribution is 2.18. The predicted molar refractivity (Wildman–Crippen MR) is 101 cm³/mol. The lowest BCUT2D eigenvalue weighted by Crippen LogP contribution is -2.51. The van der Waals surface area contributed by atoms with Crippen molar-refractivity contribution in [1.82, 2.24) is 24.6 Å². The maximum Gasteiger partial charge on any atom is 0.242 e. The molecule has 3 rings (SSSR count). The quantitative estimate of drug-likeness (QED) is 0.852. The van der Waals surface area contributed by atoms with Crippen LogP contribution in [0, 0.1) is 11.7 Å². The molecule has 1 saturated heterocycles. The zero-order chi connectivity index (χ0) is 18.0. The summed E-state index contributed by atoms with van der Waals surface area (Å²) in [5.74, 6) is 0.799. The van der Waals surface area contributed by atoms with E-state index in [0.717, 1.165) is 31.7 Å². The fraction of sp³-hybridized carbons (Fsp3) is 0.500. The molecule has 25 heavy (non-hydrogen) atoms. The Hall–Kier alpha value is -1.99. The first-order valence-corrected chi connectivity index (χ1v) is 9.10. The van der Waals surface area contributed by atoms with Gasteiger partial charge in [0, 0.05) is 37.8 Å². The number of hydrogen-bond donors (Lipinski definition) is 1. The molecule has 0 bridgehead atoms. The molecule has 0 atom stereocenters. The molecule has 1 aromatic heterocycles. The Morgan fingerprint density at radius 2 is 1.84 bits per heavy atom. The summed E-state index contributed by atoms with van der Waals surface area (Å²) in [6.45, 7) is 10.0. The first-order valence-electron chi connectivity index (χ1n) is 8.70. The van der Waals surface area contributed by atoms with E-state index in [1.807, 2.05) is 36.1 Å². The number of carbonyl (C=O) groups is 1. The molecule has 0 unspecified atom stereocenters. The lowest BCUT2D eigenvalue weighted by Gasteiger charge is -2.37. The van der Waals surface area contributed by atoms with Gasteiger partial charge in [-0.2, -0.15) is 5.10 Å². The van der Waals surface area contributed by atoms with Crippen LogP contribution >= 0.6 is 12.2 Å². The van der Waals surface area contributed by atoms with Crippen LogP contribution < -0.4 is 0 Å². The Balaban J connectivity index is 1.73. The lowest BCUT2D eigenvalue weighted by atomic mass is 10.1. The number of aryl methyl sites for hydroxylation is 1. The van der Waals surface area contributed by atoms with Crippen LogP contribution in [0.4, 0.5) is 0 Å². The topological polar surface area (TPSA) is 57.2 Å². The molecule has 0 radical (unpaired) electrons. The standard InChI is InChI=1S/C18H25N5OS/c1-13(2)21-8-10-22(11-9-21)16(24)12-23-17(19-20-18(23)25)15-6-4-14(3)5-7-15/h4-7,13H,8-12H2,1-3H3,(H,20,25). The van der Waals surface area contributed by atoms with Gasteiger partial charge in [-0.15, -0.1) is 0 Å². The van der Waals surface area contributed by atoms with Gasteiger partial charge < -0.3 is 4.90 Å². The van der Waals surface area contributed by atoms with Crippen molar-refractivity contribution >= 4 is 18.1 Å². The third kappa shape index (κ3) is 3.99. The van der Waals surface area contributed by atoms with Crippen LogP contribution in [0.15, 0.2) is 24.3 Å². The normalized spacial score (nSPS) is 15.8. The Labute approximate surface area is 153 Å². The minimum Gasteiger partial charge on any atom is -0.339 e. The van der Waals surface area contributed by atoms with Crippen LogP contribution in [-0.4, -0.2) is 62.7 Å². The first kappa shape index (κ1) is 17.8. The third-order valence-corrected chi connectivity index (χ3v) is 5.07. The number of hydrogen-bond acceptors (Lipinski definition) is 4. The fourth-order valence-corrected chi connectivity index (χ4v) is 3.31. The Morgan fingerprint density at radius 3 is 2.44 bits per heavy atom. The highest BCUT2D eigenvalue weighted by Gasteiger charge is 2.23.